The van der Waals surface area contributed by atoms with Crippen molar-refractivity contribution >= 4 is 5.69 Å². The molecule has 0 radical (unpaired) electrons. The third kappa shape index (κ3) is 9.91. The van der Waals surface area contributed by atoms with Crippen molar-refractivity contribution in [2.45, 2.75) is 40.0 Å². The molecular weight excluding hydrogens is 258 g/mol. The SMILES string of the molecule is C/C=C\C=C/CC(C)c1cccc(N(C)C)c1.CC.CO. The maximum absolute atomic E-state index is 7.00. The van der Waals surface area contributed by atoms with Crippen LogP contribution in [-0.4, -0.2) is 26.3 Å². The molecule has 1 unspecified atom stereocenters. The van der Waals surface area contributed by atoms with E-state index in [1.54, 1.807) is 0 Å². The summed E-state index contributed by atoms with van der Waals surface area (Å²) in [5.41, 5.74) is 2.67. The predicted octanol–water partition coefficient (Wildman–Crippen LogP) is 5.01. The second-order valence-electron chi connectivity index (χ2n) is 4.58. The minimum absolute atomic E-state index is 0.566. The van der Waals surface area contributed by atoms with Gasteiger partial charge >= 0.3 is 0 Å². The summed E-state index contributed by atoms with van der Waals surface area (Å²) in [5, 5.41) is 7.00. The van der Waals surface area contributed by atoms with E-state index < -0.39 is 0 Å². The van der Waals surface area contributed by atoms with Gasteiger partial charge in [-0.15, -0.1) is 0 Å². The zero-order valence-electron chi connectivity index (χ0n) is 14.8. The Morgan fingerprint density at radius 3 is 2.29 bits per heavy atom. The van der Waals surface area contributed by atoms with Gasteiger partial charge in [0.2, 0.25) is 0 Å². The van der Waals surface area contributed by atoms with Crippen LogP contribution in [-0.2, 0) is 0 Å². The first-order chi connectivity index (χ1) is 10.1. The highest BCUT2D eigenvalue weighted by Gasteiger charge is 2.04. The second kappa shape index (κ2) is 14.9. The number of rotatable bonds is 5. The van der Waals surface area contributed by atoms with Crippen LogP contribution in [0.2, 0.25) is 0 Å². The summed E-state index contributed by atoms with van der Waals surface area (Å²) in [4.78, 5) is 2.14. The van der Waals surface area contributed by atoms with Gasteiger partial charge in [-0.3, -0.25) is 0 Å². The molecule has 1 aromatic carbocycles. The van der Waals surface area contributed by atoms with Crippen LogP contribution in [0.5, 0.6) is 0 Å². The molecule has 0 aliphatic carbocycles. The molecule has 1 rings (SSSR count). The number of hydrogen-bond donors (Lipinski definition) is 1. The van der Waals surface area contributed by atoms with Gasteiger partial charge in [0.05, 0.1) is 0 Å². The summed E-state index contributed by atoms with van der Waals surface area (Å²) in [6, 6.07) is 8.76. The molecule has 0 heterocycles. The molecule has 0 fully saturated rings. The average Bonchev–Trinajstić information content (AvgIpc) is 2.55. The normalized spacial score (nSPS) is 11.4. The Morgan fingerprint density at radius 1 is 1.14 bits per heavy atom. The minimum atomic E-state index is 0.566. The van der Waals surface area contributed by atoms with Crippen molar-refractivity contribution in [3.05, 3.63) is 54.1 Å². The summed E-state index contributed by atoms with van der Waals surface area (Å²) < 4.78 is 0. The van der Waals surface area contributed by atoms with Crippen LogP contribution < -0.4 is 4.90 Å². The molecule has 21 heavy (non-hydrogen) atoms. The van der Waals surface area contributed by atoms with Gasteiger partial charge in [-0.2, -0.15) is 0 Å². The van der Waals surface area contributed by atoms with Gasteiger partial charge in [0.1, 0.15) is 0 Å². The molecule has 1 atom stereocenters. The monoisotopic (exact) mass is 291 g/mol. The molecule has 2 nitrogen and oxygen atoms in total. The van der Waals surface area contributed by atoms with Crippen molar-refractivity contribution in [1.82, 2.24) is 0 Å². The van der Waals surface area contributed by atoms with Crippen molar-refractivity contribution < 1.29 is 5.11 Å². The molecule has 0 bridgehead atoms. The zero-order chi connectivity index (χ0) is 16.7. The van der Waals surface area contributed by atoms with Crippen LogP contribution in [0.1, 0.15) is 45.6 Å². The van der Waals surface area contributed by atoms with E-state index in [1.807, 2.05) is 26.8 Å². The maximum atomic E-state index is 7.00. The van der Waals surface area contributed by atoms with Crippen molar-refractivity contribution in [3.8, 4) is 0 Å². The highest BCUT2D eigenvalue weighted by atomic mass is 16.2. The van der Waals surface area contributed by atoms with E-state index >= 15 is 0 Å². The Bertz CT molecular complexity index is 394. The summed E-state index contributed by atoms with van der Waals surface area (Å²) in [6.45, 7) is 8.31. The van der Waals surface area contributed by atoms with Crippen molar-refractivity contribution in [1.29, 1.82) is 0 Å². The number of allylic oxidation sites excluding steroid dienone is 4. The van der Waals surface area contributed by atoms with E-state index in [0.717, 1.165) is 13.5 Å². The van der Waals surface area contributed by atoms with Crippen LogP contribution in [0.25, 0.3) is 0 Å². The van der Waals surface area contributed by atoms with E-state index in [9.17, 15) is 0 Å². The molecule has 0 aliphatic heterocycles. The third-order valence-corrected chi connectivity index (χ3v) is 2.88. The van der Waals surface area contributed by atoms with Crippen molar-refractivity contribution in [2.75, 3.05) is 26.1 Å². The Balaban J connectivity index is 0. The van der Waals surface area contributed by atoms with Gasteiger partial charge in [-0.1, -0.05) is 57.2 Å². The van der Waals surface area contributed by atoms with Crippen molar-refractivity contribution in [2.24, 2.45) is 0 Å². The van der Waals surface area contributed by atoms with Gasteiger partial charge in [-0.05, 0) is 37.0 Å². The van der Waals surface area contributed by atoms with Crippen LogP contribution in [0, 0.1) is 0 Å². The molecule has 0 aliphatic rings. The quantitative estimate of drug-likeness (QED) is 0.771. The summed E-state index contributed by atoms with van der Waals surface area (Å²) >= 11 is 0. The maximum Gasteiger partial charge on any atom is 0.0363 e. The predicted molar refractivity (Wildman–Crippen MR) is 97.2 cm³/mol. The Labute approximate surface area is 131 Å². The van der Waals surface area contributed by atoms with Gasteiger partial charge < -0.3 is 10.0 Å². The zero-order valence-corrected chi connectivity index (χ0v) is 14.8. The lowest BCUT2D eigenvalue weighted by atomic mass is 9.97. The fourth-order valence-electron chi connectivity index (χ4n) is 1.72. The molecule has 0 spiro atoms. The van der Waals surface area contributed by atoms with Gasteiger partial charge in [-0.25, -0.2) is 0 Å². The molecule has 120 valence electrons. The topological polar surface area (TPSA) is 23.5 Å². The fourth-order valence-corrected chi connectivity index (χ4v) is 1.72. The largest absolute Gasteiger partial charge is 0.400 e. The Morgan fingerprint density at radius 2 is 1.76 bits per heavy atom. The second-order valence-corrected chi connectivity index (χ2v) is 4.58. The average molecular weight is 291 g/mol. The Kier molecular flexibility index (Phi) is 15.4. The smallest absolute Gasteiger partial charge is 0.0363 e. The molecule has 0 aromatic heterocycles. The van der Waals surface area contributed by atoms with E-state index in [1.165, 1.54) is 11.3 Å². The lowest BCUT2D eigenvalue weighted by molar-refractivity contribution is 0.399. The summed E-state index contributed by atoms with van der Waals surface area (Å²) in [5.74, 6) is 0.566. The lowest BCUT2D eigenvalue weighted by Gasteiger charge is -2.16. The molecule has 2 heteroatoms. The molecular formula is C19H33NO. The van der Waals surface area contributed by atoms with Crippen LogP contribution >= 0.6 is 0 Å². The molecule has 1 aromatic rings. The highest BCUT2D eigenvalue weighted by molar-refractivity contribution is 5.47. The van der Waals surface area contributed by atoms with Gasteiger partial charge in [0, 0.05) is 26.9 Å². The number of benzene rings is 1. The summed E-state index contributed by atoms with van der Waals surface area (Å²) in [6.07, 6.45) is 9.55. The lowest BCUT2D eigenvalue weighted by Crippen LogP contribution is -2.09. The molecule has 0 saturated carbocycles. The van der Waals surface area contributed by atoms with E-state index in [-0.39, 0.29) is 0 Å². The van der Waals surface area contributed by atoms with Crippen LogP contribution in [0.4, 0.5) is 5.69 Å². The number of aliphatic hydroxyl groups is 1. The van der Waals surface area contributed by atoms with E-state index in [0.29, 0.717) is 5.92 Å². The molecule has 1 N–H and O–H groups in total. The number of aliphatic hydroxyl groups excluding tert-OH is 1. The van der Waals surface area contributed by atoms with Gasteiger partial charge in [0.15, 0.2) is 0 Å². The minimum Gasteiger partial charge on any atom is -0.400 e. The molecule has 0 amide bonds. The summed E-state index contributed by atoms with van der Waals surface area (Å²) in [7, 11) is 5.16. The first-order valence-corrected chi connectivity index (χ1v) is 7.65. The fraction of sp³-hybridized carbons (Fsp3) is 0.474. The Hall–Kier alpha value is -1.54. The van der Waals surface area contributed by atoms with E-state index in [4.69, 9.17) is 5.11 Å². The first-order valence-electron chi connectivity index (χ1n) is 7.65. The van der Waals surface area contributed by atoms with E-state index in [2.05, 4.69) is 68.4 Å². The number of nitrogens with zero attached hydrogens (tertiary/aromatic N) is 1. The van der Waals surface area contributed by atoms with Crippen LogP contribution in [0.15, 0.2) is 48.6 Å². The highest BCUT2D eigenvalue weighted by Crippen LogP contribution is 2.23. The standard InChI is InChI=1S/C16H23N.C2H6.CH4O/c1-5-6-7-8-10-14(2)15-11-9-12-16(13-15)17(3)4;2*1-2/h5-9,11-14H,10H2,1-4H3;1-2H3;2H,1H3/b6-5-,8-7-;;. The third-order valence-electron chi connectivity index (χ3n) is 2.88. The number of hydrogen-bond acceptors (Lipinski definition) is 2. The first kappa shape index (κ1) is 21.8. The number of anilines is 1. The van der Waals surface area contributed by atoms with Crippen LogP contribution in [0.3, 0.4) is 0 Å². The van der Waals surface area contributed by atoms with Crippen molar-refractivity contribution in [3.63, 3.8) is 0 Å². The molecule has 0 saturated heterocycles. The van der Waals surface area contributed by atoms with Gasteiger partial charge in [0.25, 0.3) is 0 Å².